The summed E-state index contributed by atoms with van der Waals surface area (Å²) >= 11 is 1.29. The van der Waals surface area contributed by atoms with E-state index in [0.29, 0.717) is 27.4 Å². The molecule has 0 aliphatic heterocycles. The van der Waals surface area contributed by atoms with Gasteiger partial charge >= 0.3 is 0 Å². The number of nitrogens with one attached hydrogen (secondary N) is 1. The highest BCUT2D eigenvalue weighted by molar-refractivity contribution is 7.13. The van der Waals surface area contributed by atoms with Gasteiger partial charge in [-0.1, -0.05) is 18.2 Å². The monoisotopic (exact) mass is 387 g/mol. The molecule has 0 aliphatic carbocycles. The zero-order valence-corrected chi connectivity index (χ0v) is 15.4. The van der Waals surface area contributed by atoms with Crippen LogP contribution in [0, 0.1) is 17.1 Å². The zero-order valence-electron chi connectivity index (χ0n) is 14.6. The van der Waals surface area contributed by atoms with E-state index in [4.69, 9.17) is 5.26 Å². The molecular weight excluding hydrogens is 373 g/mol. The fourth-order valence-corrected chi connectivity index (χ4v) is 3.94. The number of hydrogen-bond acceptors (Lipinski definition) is 3. The predicted octanol–water partition coefficient (Wildman–Crippen LogP) is 5.47. The Balaban J connectivity index is 1.77. The number of benzene rings is 2. The lowest BCUT2D eigenvalue weighted by Gasteiger charge is -2.10. The molecule has 0 unspecified atom stereocenters. The number of carbonyl (C=O) groups excluding carboxylic acids is 1. The van der Waals surface area contributed by atoms with Crippen molar-refractivity contribution in [2.45, 2.75) is 0 Å². The van der Waals surface area contributed by atoms with Crippen LogP contribution in [-0.2, 0) is 0 Å². The molecule has 0 spiro atoms. The van der Waals surface area contributed by atoms with E-state index >= 15 is 0 Å². The van der Waals surface area contributed by atoms with E-state index in [0.717, 1.165) is 5.56 Å². The minimum Gasteiger partial charge on any atom is -0.322 e. The Bertz CT molecular complexity index is 1190. The fourth-order valence-electron chi connectivity index (χ4n) is 2.97. The summed E-state index contributed by atoms with van der Waals surface area (Å²) in [6, 6.07) is 18.8. The van der Waals surface area contributed by atoms with Crippen LogP contribution >= 0.6 is 11.3 Å². The third-order valence-corrected chi connectivity index (χ3v) is 5.19. The first kappa shape index (κ1) is 17.7. The number of nitrogens with zero attached hydrogens (tertiary/aromatic N) is 2. The summed E-state index contributed by atoms with van der Waals surface area (Å²) in [5.41, 5.74) is 3.18. The van der Waals surface area contributed by atoms with Crippen molar-refractivity contribution < 1.29 is 9.18 Å². The number of hydrogen-bond donors (Lipinski definition) is 1. The molecule has 2 aromatic heterocycles. The lowest BCUT2D eigenvalue weighted by molar-refractivity contribution is 0.103. The summed E-state index contributed by atoms with van der Waals surface area (Å²) in [7, 11) is 0. The van der Waals surface area contributed by atoms with Crippen molar-refractivity contribution in [1.29, 1.82) is 5.26 Å². The number of thiophene rings is 1. The molecule has 28 heavy (non-hydrogen) atoms. The minimum atomic E-state index is -0.332. The molecule has 136 valence electrons. The van der Waals surface area contributed by atoms with Gasteiger partial charge in [0.1, 0.15) is 10.7 Å². The van der Waals surface area contributed by atoms with Crippen LogP contribution in [0.5, 0.6) is 0 Å². The van der Waals surface area contributed by atoms with Crippen LogP contribution < -0.4 is 5.32 Å². The van der Waals surface area contributed by atoms with Crippen LogP contribution in [0.1, 0.15) is 15.2 Å². The molecule has 0 aliphatic rings. The Kier molecular flexibility index (Phi) is 4.75. The molecule has 0 bridgehead atoms. The molecule has 1 N–H and O–H groups in total. The first-order valence-corrected chi connectivity index (χ1v) is 9.36. The van der Waals surface area contributed by atoms with Crippen molar-refractivity contribution in [3.63, 3.8) is 0 Å². The second-order valence-corrected chi connectivity index (χ2v) is 6.95. The van der Waals surface area contributed by atoms with Gasteiger partial charge in [-0.2, -0.15) is 5.26 Å². The minimum absolute atomic E-state index is 0.286. The van der Waals surface area contributed by atoms with Crippen molar-refractivity contribution in [2.75, 3.05) is 5.32 Å². The normalized spacial score (nSPS) is 10.4. The average Bonchev–Trinajstić information content (AvgIpc) is 3.37. The highest BCUT2D eigenvalue weighted by Gasteiger charge is 2.21. The van der Waals surface area contributed by atoms with Gasteiger partial charge in [-0.15, -0.1) is 11.3 Å². The number of aromatic nitrogens is 1. The molecule has 2 aromatic carbocycles. The SMILES string of the molecule is N#Cc1cccc(NC(=O)c2scc(-c3cccc(F)c3)c2-n2cccc2)c1. The third kappa shape index (κ3) is 3.43. The van der Waals surface area contributed by atoms with Crippen molar-refractivity contribution in [3.05, 3.63) is 94.7 Å². The van der Waals surface area contributed by atoms with Gasteiger partial charge in [-0.05, 0) is 48.0 Å². The van der Waals surface area contributed by atoms with E-state index in [1.165, 1.54) is 23.5 Å². The second-order valence-electron chi connectivity index (χ2n) is 6.07. The number of rotatable bonds is 4. The van der Waals surface area contributed by atoms with Gasteiger partial charge in [0.15, 0.2) is 0 Å². The van der Waals surface area contributed by atoms with E-state index in [2.05, 4.69) is 11.4 Å². The van der Waals surface area contributed by atoms with Crippen LogP contribution in [0.15, 0.2) is 78.4 Å². The smallest absolute Gasteiger partial charge is 0.267 e. The van der Waals surface area contributed by atoms with Crippen LogP contribution in [0.4, 0.5) is 10.1 Å². The highest BCUT2D eigenvalue weighted by Crippen LogP contribution is 2.35. The average molecular weight is 387 g/mol. The quantitative estimate of drug-likeness (QED) is 0.505. The van der Waals surface area contributed by atoms with E-state index in [1.54, 1.807) is 30.3 Å². The number of amides is 1. The van der Waals surface area contributed by atoms with E-state index in [1.807, 2.05) is 40.5 Å². The van der Waals surface area contributed by atoms with Crippen molar-refractivity contribution in [3.8, 4) is 22.9 Å². The molecule has 1 amide bonds. The van der Waals surface area contributed by atoms with Crippen LogP contribution in [0.3, 0.4) is 0 Å². The van der Waals surface area contributed by atoms with Gasteiger partial charge in [0.25, 0.3) is 5.91 Å². The molecule has 0 saturated heterocycles. The van der Waals surface area contributed by atoms with Gasteiger partial charge in [0.05, 0.1) is 17.3 Å². The number of anilines is 1. The molecule has 0 atom stereocenters. The van der Waals surface area contributed by atoms with Gasteiger partial charge < -0.3 is 9.88 Å². The maximum absolute atomic E-state index is 13.7. The Morgan fingerprint density at radius 3 is 2.61 bits per heavy atom. The maximum Gasteiger partial charge on any atom is 0.267 e. The third-order valence-electron chi connectivity index (χ3n) is 4.22. The van der Waals surface area contributed by atoms with E-state index < -0.39 is 0 Å². The van der Waals surface area contributed by atoms with E-state index in [9.17, 15) is 9.18 Å². The Morgan fingerprint density at radius 1 is 1.07 bits per heavy atom. The number of carbonyl (C=O) groups is 1. The molecule has 4 rings (SSSR count). The molecule has 0 saturated carbocycles. The van der Waals surface area contributed by atoms with Crippen LogP contribution in [0.2, 0.25) is 0 Å². The summed E-state index contributed by atoms with van der Waals surface area (Å²) in [5, 5.41) is 13.7. The molecular formula is C22H14FN3OS. The lowest BCUT2D eigenvalue weighted by Crippen LogP contribution is -2.13. The van der Waals surface area contributed by atoms with Crippen molar-refractivity contribution in [1.82, 2.24) is 4.57 Å². The zero-order chi connectivity index (χ0) is 19.5. The van der Waals surface area contributed by atoms with Crippen LogP contribution in [-0.4, -0.2) is 10.5 Å². The van der Waals surface area contributed by atoms with Crippen molar-refractivity contribution in [2.24, 2.45) is 0 Å². The number of nitriles is 1. The standard InChI is InChI=1S/C22H14FN3OS/c23-17-7-4-6-16(12-17)19-14-28-21(20(19)26-9-1-2-10-26)22(27)25-18-8-3-5-15(11-18)13-24/h1-12,14H,(H,25,27). The summed E-state index contributed by atoms with van der Waals surface area (Å²) in [5.74, 6) is -0.618. The summed E-state index contributed by atoms with van der Waals surface area (Å²) in [4.78, 5) is 13.5. The second kappa shape index (κ2) is 7.51. The Morgan fingerprint density at radius 2 is 1.86 bits per heavy atom. The first-order valence-electron chi connectivity index (χ1n) is 8.48. The van der Waals surface area contributed by atoms with Gasteiger partial charge in [0.2, 0.25) is 0 Å². The van der Waals surface area contributed by atoms with E-state index in [-0.39, 0.29) is 11.7 Å². The Hall–Kier alpha value is -3.69. The molecule has 0 radical (unpaired) electrons. The fraction of sp³-hybridized carbons (Fsp3) is 0. The molecule has 4 nitrogen and oxygen atoms in total. The Labute approximate surface area is 165 Å². The van der Waals surface area contributed by atoms with Crippen LogP contribution in [0.25, 0.3) is 16.8 Å². The highest BCUT2D eigenvalue weighted by atomic mass is 32.1. The topological polar surface area (TPSA) is 57.8 Å². The van der Waals surface area contributed by atoms with Gasteiger partial charge in [-0.3, -0.25) is 4.79 Å². The maximum atomic E-state index is 13.7. The molecule has 2 heterocycles. The van der Waals surface area contributed by atoms with Crippen molar-refractivity contribution >= 4 is 22.9 Å². The predicted molar refractivity (Wildman–Crippen MR) is 108 cm³/mol. The van der Waals surface area contributed by atoms with Gasteiger partial charge in [-0.25, -0.2) is 4.39 Å². The summed E-state index contributed by atoms with van der Waals surface area (Å²) < 4.78 is 15.6. The first-order chi connectivity index (χ1) is 13.7. The lowest BCUT2D eigenvalue weighted by atomic mass is 10.1. The molecule has 0 fully saturated rings. The largest absolute Gasteiger partial charge is 0.322 e. The summed E-state index contributed by atoms with van der Waals surface area (Å²) in [6.07, 6.45) is 3.69. The van der Waals surface area contributed by atoms with Gasteiger partial charge in [0, 0.05) is 29.0 Å². The number of halogens is 1. The molecule has 4 aromatic rings. The summed E-state index contributed by atoms with van der Waals surface area (Å²) in [6.45, 7) is 0. The molecule has 6 heteroatoms.